The predicted molar refractivity (Wildman–Crippen MR) is 149 cm³/mol. The van der Waals surface area contributed by atoms with Gasteiger partial charge in [-0.1, -0.05) is 29.8 Å². The summed E-state index contributed by atoms with van der Waals surface area (Å²) in [6.07, 6.45) is 3.91. The van der Waals surface area contributed by atoms with E-state index in [9.17, 15) is 4.79 Å². The van der Waals surface area contributed by atoms with E-state index in [1.807, 2.05) is 46.3 Å². The van der Waals surface area contributed by atoms with Crippen LogP contribution in [-0.2, 0) is 6.42 Å². The van der Waals surface area contributed by atoms with Gasteiger partial charge in [-0.15, -0.1) is 0 Å². The number of carbonyl (C=O) groups is 1. The summed E-state index contributed by atoms with van der Waals surface area (Å²) >= 11 is 0. The standard InChI is InChI=1S/C29H37N5O/c1-19(16-25-24-13-9-20(2)17-26(24)32-28(30)27(25)31-4)8-10-22-11-12-23(18-21(22)3)29(35)34(7)15-14-33(5)6/h9,11-13,16-18H,4,8,10,14-15H2,1-3,5-7H3,(H2,30,32)/b19-16+. The number of amides is 1. The summed E-state index contributed by atoms with van der Waals surface area (Å²) in [4.78, 5) is 25.3. The molecule has 6 nitrogen and oxygen atoms in total. The lowest BCUT2D eigenvalue weighted by molar-refractivity contribution is 0.0786. The monoisotopic (exact) mass is 471 g/mol. The average Bonchev–Trinajstić information content (AvgIpc) is 2.81. The van der Waals surface area contributed by atoms with Crippen LogP contribution < -0.4 is 5.73 Å². The summed E-state index contributed by atoms with van der Waals surface area (Å²) in [6.45, 7) is 11.5. The molecule has 0 radical (unpaired) electrons. The Kier molecular flexibility index (Phi) is 8.41. The minimum Gasteiger partial charge on any atom is -0.382 e. The van der Waals surface area contributed by atoms with Crippen LogP contribution >= 0.6 is 0 Å². The molecule has 6 heteroatoms. The molecule has 0 fully saturated rings. The number of carbonyl (C=O) groups excluding carboxylic acids is 1. The molecule has 1 aromatic heterocycles. The normalized spacial score (nSPS) is 11.8. The van der Waals surface area contributed by atoms with E-state index >= 15 is 0 Å². The van der Waals surface area contributed by atoms with Gasteiger partial charge in [-0.25, -0.2) is 4.98 Å². The third-order valence-corrected chi connectivity index (χ3v) is 6.34. The van der Waals surface area contributed by atoms with Crippen molar-refractivity contribution >= 4 is 41.1 Å². The first kappa shape index (κ1) is 26.1. The molecule has 184 valence electrons. The maximum absolute atomic E-state index is 12.8. The third kappa shape index (κ3) is 6.34. The lowest BCUT2D eigenvalue weighted by atomic mass is 9.97. The molecule has 0 aliphatic carbocycles. The Morgan fingerprint density at radius 1 is 1.11 bits per heavy atom. The van der Waals surface area contributed by atoms with Crippen LogP contribution in [0.1, 0.15) is 46.0 Å². The van der Waals surface area contributed by atoms with E-state index in [4.69, 9.17) is 5.73 Å². The van der Waals surface area contributed by atoms with E-state index in [1.54, 1.807) is 4.90 Å². The second-order valence-electron chi connectivity index (χ2n) is 9.60. The molecular formula is C29H37N5O. The summed E-state index contributed by atoms with van der Waals surface area (Å²) in [7, 11) is 5.87. The second-order valence-corrected chi connectivity index (χ2v) is 9.60. The highest BCUT2D eigenvalue weighted by Gasteiger charge is 2.14. The topological polar surface area (TPSA) is 74.8 Å². The Morgan fingerprint density at radius 2 is 1.86 bits per heavy atom. The molecule has 0 aliphatic heterocycles. The highest BCUT2D eigenvalue weighted by Crippen LogP contribution is 2.34. The molecular weight excluding hydrogens is 434 g/mol. The molecule has 2 aromatic carbocycles. The maximum Gasteiger partial charge on any atom is 0.253 e. The first-order chi connectivity index (χ1) is 16.6. The molecule has 0 atom stereocenters. The van der Waals surface area contributed by atoms with Crippen molar-refractivity contribution in [3.63, 3.8) is 0 Å². The summed E-state index contributed by atoms with van der Waals surface area (Å²) in [6, 6.07) is 12.2. The second kappa shape index (κ2) is 11.3. The molecule has 0 saturated heterocycles. The van der Waals surface area contributed by atoms with Crippen LogP contribution in [0.2, 0.25) is 0 Å². The van der Waals surface area contributed by atoms with E-state index < -0.39 is 0 Å². The SMILES string of the molecule is C=Nc1c(N)nc2cc(C)ccc2c1/C=C(\C)CCc1ccc(C(=O)N(C)CCN(C)C)cc1C. The van der Waals surface area contributed by atoms with Gasteiger partial charge in [0.15, 0.2) is 5.82 Å². The molecule has 35 heavy (non-hydrogen) atoms. The molecule has 1 amide bonds. The van der Waals surface area contributed by atoms with Gasteiger partial charge in [-0.05, 0) is 89.3 Å². The predicted octanol–water partition coefficient (Wildman–Crippen LogP) is 5.44. The van der Waals surface area contributed by atoms with Crippen LogP contribution in [0, 0.1) is 13.8 Å². The fourth-order valence-corrected chi connectivity index (χ4v) is 4.15. The number of benzene rings is 2. The number of aromatic nitrogens is 1. The van der Waals surface area contributed by atoms with Crippen molar-refractivity contribution in [3.05, 3.63) is 69.8 Å². The van der Waals surface area contributed by atoms with E-state index in [0.29, 0.717) is 18.1 Å². The van der Waals surface area contributed by atoms with E-state index in [-0.39, 0.29) is 5.91 Å². The van der Waals surface area contributed by atoms with Gasteiger partial charge in [0.1, 0.15) is 5.69 Å². The van der Waals surface area contributed by atoms with Gasteiger partial charge in [-0.2, -0.15) is 0 Å². The highest BCUT2D eigenvalue weighted by atomic mass is 16.2. The van der Waals surface area contributed by atoms with Crippen molar-refractivity contribution < 1.29 is 4.79 Å². The highest BCUT2D eigenvalue weighted by molar-refractivity contribution is 5.97. The number of likely N-dealkylation sites (N-methyl/N-ethyl adjacent to an activating group) is 2. The van der Waals surface area contributed by atoms with E-state index in [0.717, 1.165) is 52.5 Å². The van der Waals surface area contributed by atoms with Gasteiger partial charge in [0.2, 0.25) is 0 Å². The molecule has 0 bridgehead atoms. The average molecular weight is 472 g/mol. The molecule has 2 N–H and O–H groups in total. The van der Waals surface area contributed by atoms with E-state index in [1.165, 1.54) is 11.1 Å². The zero-order chi connectivity index (χ0) is 25.7. The largest absolute Gasteiger partial charge is 0.382 e. The molecule has 3 rings (SSSR count). The Hall–Kier alpha value is -3.51. The molecule has 3 aromatic rings. The fourth-order valence-electron chi connectivity index (χ4n) is 4.15. The summed E-state index contributed by atoms with van der Waals surface area (Å²) in [5, 5.41) is 1.02. The van der Waals surface area contributed by atoms with E-state index in [2.05, 4.69) is 59.7 Å². The Bertz CT molecular complexity index is 1280. The zero-order valence-electron chi connectivity index (χ0n) is 21.9. The minimum absolute atomic E-state index is 0.0550. The number of hydrogen-bond donors (Lipinski definition) is 1. The first-order valence-corrected chi connectivity index (χ1v) is 11.9. The number of aryl methyl sites for hydroxylation is 3. The molecule has 1 heterocycles. The zero-order valence-corrected chi connectivity index (χ0v) is 21.9. The summed E-state index contributed by atoms with van der Waals surface area (Å²) < 4.78 is 0. The number of allylic oxidation sites excluding steroid dienone is 1. The molecule has 0 unspecified atom stereocenters. The van der Waals surface area contributed by atoms with Crippen molar-refractivity contribution in [2.45, 2.75) is 33.6 Å². The number of pyridine rings is 1. The van der Waals surface area contributed by atoms with Gasteiger partial charge in [0.25, 0.3) is 5.91 Å². The Balaban J connectivity index is 1.78. The summed E-state index contributed by atoms with van der Waals surface area (Å²) in [5.41, 5.74) is 14.1. The number of anilines is 1. The lowest BCUT2D eigenvalue weighted by Crippen LogP contribution is -2.33. The number of rotatable bonds is 9. The maximum atomic E-state index is 12.8. The minimum atomic E-state index is 0.0550. The number of nitrogens with two attached hydrogens (primary N) is 1. The van der Waals surface area contributed by atoms with Crippen molar-refractivity contribution in [2.75, 3.05) is 40.0 Å². The molecule has 0 spiro atoms. The molecule has 0 aliphatic rings. The number of nitrogens with zero attached hydrogens (tertiary/aromatic N) is 4. The number of nitrogen functional groups attached to an aromatic ring is 1. The third-order valence-electron chi connectivity index (χ3n) is 6.34. The first-order valence-electron chi connectivity index (χ1n) is 11.9. The van der Waals surface area contributed by atoms with Crippen LogP contribution in [0.15, 0.2) is 47.0 Å². The number of aliphatic imine (C=N–C) groups is 1. The van der Waals surface area contributed by atoms with Crippen LogP contribution in [0.3, 0.4) is 0 Å². The fraction of sp³-hybridized carbons (Fsp3) is 0.345. The number of hydrogen-bond acceptors (Lipinski definition) is 5. The number of fused-ring (bicyclic) bond motifs is 1. The quantitative estimate of drug-likeness (QED) is 0.422. The van der Waals surface area contributed by atoms with Crippen molar-refractivity contribution in [1.82, 2.24) is 14.8 Å². The van der Waals surface area contributed by atoms with Crippen LogP contribution in [-0.4, -0.2) is 61.6 Å². The van der Waals surface area contributed by atoms with Crippen LogP contribution in [0.5, 0.6) is 0 Å². The van der Waals surface area contributed by atoms with Crippen molar-refractivity contribution in [2.24, 2.45) is 4.99 Å². The van der Waals surface area contributed by atoms with Gasteiger partial charge in [0.05, 0.1) is 5.52 Å². The van der Waals surface area contributed by atoms with Crippen molar-refractivity contribution in [1.29, 1.82) is 0 Å². The van der Waals surface area contributed by atoms with Gasteiger partial charge in [0, 0.05) is 36.7 Å². The Labute approximate surface area is 209 Å². The smallest absolute Gasteiger partial charge is 0.253 e. The van der Waals surface area contributed by atoms with Gasteiger partial charge < -0.3 is 15.5 Å². The molecule has 0 saturated carbocycles. The van der Waals surface area contributed by atoms with Crippen LogP contribution in [0.4, 0.5) is 11.5 Å². The van der Waals surface area contributed by atoms with Crippen LogP contribution in [0.25, 0.3) is 17.0 Å². The van der Waals surface area contributed by atoms with Gasteiger partial charge >= 0.3 is 0 Å². The van der Waals surface area contributed by atoms with Gasteiger partial charge in [-0.3, -0.25) is 9.79 Å². The summed E-state index contributed by atoms with van der Waals surface area (Å²) in [5.74, 6) is 0.447. The lowest BCUT2D eigenvalue weighted by Gasteiger charge is -2.20. The van der Waals surface area contributed by atoms with Crippen molar-refractivity contribution in [3.8, 4) is 0 Å². The Morgan fingerprint density at radius 3 is 2.51 bits per heavy atom.